The van der Waals surface area contributed by atoms with E-state index in [0.29, 0.717) is 23.9 Å². The van der Waals surface area contributed by atoms with Gasteiger partial charge in [0, 0.05) is 6.42 Å². The Balaban J connectivity index is 4.46. The SMILES string of the molecule is CC/C=C\C/C=C\C/C=C\C/C=C\C/C=C\C/C=C\C/C=C\CCCC(=O)NC(COP(=O)([O-])OCC[N+](C)(C)C)C(O)CCCCCCCCCCCCCCC. The Labute approximate surface area is 356 Å². The van der Waals surface area contributed by atoms with Crippen molar-refractivity contribution in [2.75, 3.05) is 40.9 Å². The third-order valence-electron chi connectivity index (χ3n) is 9.65. The molecule has 0 radical (unpaired) electrons. The van der Waals surface area contributed by atoms with Gasteiger partial charge in [-0.1, -0.05) is 182 Å². The molecule has 9 heteroatoms. The molecule has 0 rings (SSSR count). The Morgan fingerprint density at radius 1 is 0.621 bits per heavy atom. The van der Waals surface area contributed by atoms with Crippen molar-refractivity contribution in [3.8, 4) is 0 Å². The minimum absolute atomic E-state index is 0.00355. The number of allylic oxidation sites excluding steroid dienone is 14. The molecule has 0 saturated carbocycles. The van der Waals surface area contributed by atoms with Crippen LogP contribution in [-0.4, -0.2) is 68.5 Å². The van der Waals surface area contributed by atoms with Crippen LogP contribution < -0.4 is 10.2 Å². The molecule has 0 bridgehead atoms. The molecule has 3 unspecified atom stereocenters. The maximum Gasteiger partial charge on any atom is 0.268 e. The van der Waals surface area contributed by atoms with Crippen LogP contribution in [0.2, 0.25) is 0 Å². The van der Waals surface area contributed by atoms with Gasteiger partial charge in [0.25, 0.3) is 7.82 Å². The fourth-order valence-corrected chi connectivity index (χ4v) is 6.75. The number of phosphoric acid groups is 1. The molecule has 0 aromatic rings. The molecule has 3 atom stereocenters. The van der Waals surface area contributed by atoms with E-state index >= 15 is 0 Å². The van der Waals surface area contributed by atoms with Crippen molar-refractivity contribution in [1.29, 1.82) is 0 Å². The fourth-order valence-electron chi connectivity index (χ4n) is 6.03. The van der Waals surface area contributed by atoms with Crippen LogP contribution in [0.15, 0.2) is 85.1 Å². The van der Waals surface area contributed by atoms with E-state index in [1.165, 1.54) is 64.2 Å². The normalized spacial score (nSPS) is 15.1. The second-order valence-electron chi connectivity index (χ2n) is 16.4. The van der Waals surface area contributed by atoms with E-state index in [4.69, 9.17) is 9.05 Å². The van der Waals surface area contributed by atoms with Crippen LogP contribution in [0.3, 0.4) is 0 Å². The van der Waals surface area contributed by atoms with Crippen molar-refractivity contribution < 1.29 is 32.9 Å². The molecule has 1 amide bonds. The predicted octanol–water partition coefficient (Wildman–Crippen LogP) is 12.3. The fraction of sp³-hybridized carbons (Fsp3) is 0.694. The number of aliphatic hydroxyl groups excluding tert-OH is 1. The molecule has 58 heavy (non-hydrogen) atoms. The maximum absolute atomic E-state index is 12.9. The number of carbonyl (C=O) groups is 1. The van der Waals surface area contributed by atoms with Crippen LogP contribution in [0.4, 0.5) is 0 Å². The van der Waals surface area contributed by atoms with Gasteiger partial charge in [-0.15, -0.1) is 0 Å². The van der Waals surface area contributed by atoms with Gasteiger partial charge in [0.2, 0.25) is 5.91 Å². The molecule has 334 valence electrons. The van der Waals surface area contributed by atoms with Crippen molar-refractivity contribution in [1.82, 2.24) is 5.32 Å². The summed E-state index contributed by atoms with van der Waals surface area (Å²) in [7, 11) is 1.25. The number of rotatable bonds is 40. The number of hydrogen-bond donors (Lipinski definition) is 2. The summed E-state index contributed by atoms with van der Waals surface area (Å²) in [6.07, 6.45) is 54.5. The lowest BCUT2D eigenvalue weighted by Gasteiger charge is -2.30. The number of phosphoric ester groups is 1. The Bertz CT molecular complexity index is 1220. The number of amides is 1. The minimum Gasteiger partial charge on any atom is -0.756 e. The van der Waals surface area contributed by atoms with Crippen LogP contribution in [0.25, 0.3) is 0 Å². The number of likely N-dealkylation sites (N-methyl/N-ethyl adjacent to an activating group) is 1. The molecule has 0 aliphatic rings. The highest BCUT2D eigenvalue weighted by Gasteiger charge is 2.24. The number of nitrogens with zero attached hydrogens (tertiary/aromatic N) is 1. The lowest BCUT2D eigenvalue weighted by molar-refractivity contribution is -0.870. The summed E-state index contributed by atoms with van der Waals surface area (Å²) in [6, 6.07) is -0.835. The molecular weight excluding hydrogens is 744 g/mol. The average molecular weight is 831 g/mol. The smallest absolute Gasteiger partial charge is 0.268 e. The van der Waals surface area contributed by atoms with E-state index in [1.807, 2.05) is 21.1 Å². The molecule has 0 aromatic carbocycles. The Hall–Kier alpha value is -2.32. The van der Waals surface area contributed by atoms with Gasteiger partial charge in [0.1, 0.15) is 13.2 Å². The zero-order valence-electron chi connectivity index (χ0n) is 37.7. The first-order chi connectivity index (χ1) is 28.0. The number of hydrogen-bond acceptors (Lipinski definition) is 6. The number of carbonyl (C=O) groups excluding carboxylic acids is 1. The summed E-state index contributed by atoms with van der Waals surface area (Å²) in [5, 5.41) is 13.9. The zero-order valence-corrected chi connectivity index (χ0v) is 38.6. The van der Waals surface area contributed by atoms with E-state index < -0.39 is 20.0 Å². The monoisotopic (exact) mass is 831 g/mol. The molecule has 0 fully saturated rings. The second-order valence-corrected chi connectivity index (χ2v) is 17.8. The number of unbranched alkanes of at least 4 members (excludes halogenated alkanes) is 13. The van der Waals surface area contributed by atoms with E-state index in [0.717, 1.165) is 70.6 Å². The van der Waals surface area contributed by atoms with E-state index in [2.05, 4.69) is 104 Å². The third-order valence-corrected chi connectivity index (χ3v) is 10.6. The van der Waals surface area contributed by atoms with Gasteiger partial charge in [-0.3, -0.25) is 9.36 Å². The Morgan fingerprint density at radius 2 is 1.03 bits per heavy atom. The lowest BCUT2D eigenvalue weighted by Crippen LogP contribution is -2.46. The van der Waals surface area contributed by atoms with E-state index in [1.54, 1.807) is 0 Å². The summed E-state index contributed by atoms with van der Waals surface area (Å²) in [4.78, 5) is 25.3. The van der Waals surface area contributed by atoms with Gasteiger partial charge >= 0.3 is 0 Å². The topological polar surface area (TPSA) is 108 Å². The number of quaternary nitrogens is 1. The minimum atomic E-state index is -4.58. The molecule has 0 aromatic heterocycles. The number of nitrogens with one attached hydrogen (secondary N) is 1. The molecule has 0 saturated heterocycles. The molecule has 8 nitrogen and oxygen atoms in total. The molecule has 0 spiro atoms. The zero-order chi connectivity index (χ0) is 42.8. The summed E-state index contributed by atoms with van der Waals surface area (Å²) < 4.78 is 23.2. The highest BCUT2D eigenvalue weighted by molar-refractivity contribution is 7.45. The first kappa shape index (κ1) is 55.7. The summed E-state index contributed by atoms with van der Waals surface area (Å²) in [5.74, 6) is -0.227. The predicted molar refractivity (Wildman–Crippen MR) is 246 cm³/mol. The van der Waals surface area contributed by atoms with Gasteiger partial charge in [0.15, 0.2) is 0 Å². The molecular formula is C49H87N2O6P. The quantitative estimate of drug-likeness (QED) is 0.0276. The maximum atomic E-state index is 12.9. The summed E-state index contributed by atoms with van der Waals surface area (Å²) in [6.45, 7) is 4.53. The highest BCUT2D eigenvalue weighted by atomic mass is 31.2. The van der Waals surface area contributed by atoms with Gasteiger partial charge in [-0.25, -0.2) is 0 Å². The van der Waals surface area contributed by atoms with Crippen molar-refractivity contribution in [2.45, 2.75) is 180 Å². The molecule has 0 heterocycles. The largest absolute Gasteiger partial charge is 0.756 e. The van der Waals surface area contributed by atoms with E-state index in [9.17, 15) is 19.4 Å². The van der Waals surface area contributed by atoms with Crippen LogP contribution in [0, 0.1) is 0 Å². The number of aliphatic hydroxyl groups is 1. The van der Waals surface area contributed by atoms with Crippen LogP contribution in [0.1, 0.15) is 168 Å². The molecule has 0 aliphatic carbocycles. The standard InChI is InChI=1S/C49H87N2O6P/c1-6-8-10-12-14-16-18-20-21-22-23-24-25-26-27-28-29-31-33-35-37-39-41-43-49(53)50-47(46-57-58(54,55)56-45-44-51(3,4)5)48(52)42-40-38-36-34-32-30-19-17-15-13-11-9-7-2/h8,10,14,16,20-21,23-24,26-27,29,31,35,37,47-48,52H,6-7,9,11-13,15,17-19,22,25,28,30,32-34,36,38-46H2,1-5H3,(H-,50,53,54,55)/b10-8-,16-14-,21-20-,24-23-,27-26-,31-29-,37-35-. The van der Waals surface area contributed by atoms with Crippen LogP contribution in [0.5, 0.6) is 0 Å². The average Bonchev–Trinajstić information content (AvgIpc) is 3.17. The highest BCUT2D eigenvalue weighted by Crippen LogP contribution is 2.38. The third kappa shape index (κ3) is 41.8. The van der Waals surface area contributed by atoms with Crippen LogP contribution >= 0.6 is 7.82 Å². The van der Waals surface area contributed by atoms with E-state index in [-0.39, 0.29) is 25.5 Å². The molecule has 2 N–H and O–H groups in total. The van der Waals surface area contributed by atoms with Crippen LogP contribution in [-0.2, 0) is 18.4 Å². The summed E-state index contributed by atoms with van der Waals surface area (Å²) in [5.41, 5.74) is 0. The van der Waals surface area contributed by atoms with Gasteiger partial charge < -0.3 is 28.8 Å². The van der Waals surface area contributed by atoms with Crippen molar-refractivity contribution in [3.05, 3.63) is 85.1 Å². The van der Waals surface area contributed by atoms with Crippen molar-refractivity contribution >= 4 is 13.7 Å². The lowest BCUT2D eigenvalue weighted by atomic mass is 10.0. The van der Waals surface area contributed by atoms with Gasteiger partial charge in [-0.05, 0) is 64.2 Å². The van der Waals surface area contributed by atoms with Gasteiger partial charge in [0.05, 0.1) is 39.9 Å². The molecule has 0 aliphatic heterocycles. The Morgan fingerprint density at radius 3 is 1.47 bits per heavy atom. The van der Waals surface area contributed by atoms with Gasteiger partial charge in [-0.2, -0.15) is 0 Å². The van der Waals surface area contributed by atoms with Crippen molar-refractivity contribution in [3.63, 3.8) is 0 Å². The van der Waals surface area contributed by atoms with Crippen molar-refractivity contribution in [2.24, 2.45) is 0 Å². The first-order valence-electron chi connectivity index (χ1n) is 22.9. The Kier molecular flexibility index (Phi) is 38.5. The second kappa shape index (κ2) is 40.1. The summed E-state index contributed by atoms with van der Waals surface area (Å²) >= 11 is 0. The first-order valence-corrected chi connectivity index (χ1v) is 24.4.